The fourth-order valence-corrected chi connectivity index (χ4v) is 4.43. The molecule has 2 N–H and O–H groups in total. The third-order valence-corrected chi connectivity index (χ3v) is 5.71. The Bertz CT molecular complexity index is 1150. The van der Waals surface area contributed by atoms with E-state index in [-0.39, 0.29) is 12.1 Å². The van der Waals surface area contributed by atoms with Gasteiger partial charge in [0.15, 0.2) is 0 Å². The molecule has 2 aromatic carbocycles. The highest BCUT2D eigenvalue weighted by Gasteiger charge is 2.32. The van der Waals surface area contributed by atoms with E-state index in [0.717, 1.165) is 37.8 Å². The lowest BCUT2D eigenvalue weighted by atomic mass is 9.96. The van der Waals surface area contributed by atoms with Crippen LogP contribution >= 0.6 is 11.3 Å². The fraction of sp³-hybridized carbons (Fsp3) is 0.0455. The maximum absolute atomic E-state index is 12.5. The number of thiazole rings is 1. The summed E-state index contributed by atoms with van der Waals surface area (Å²) in [6, 6.07) is 23.0. The van der Waals surface area contributed by atoms with Crippen molar-refractivity contribution in [2.45, 2.75) is 6.04 Å². The Balaban J connectivity index is 1.78. The Hall–Kier alpha value is -3.51. The van der Waals surface area contributed by atoms with E-state index in [9.17, 15) is 4.79 Å². The second-order valence-electron chi connectivity index (χ2n) is 6.43. The summed E-state index contributed by atoms with van der Waals surface area (Å²) in [6.07, 6.45) is 1.74. The number of fused-ring (bicyclic) bond motifs is 1. The number of urea groups is 1. The Morgan fingerprint density at radius 1 is 0.893 bits per heavy atom. The second-order valence-corrected chi connectivity index (χ2v) is 7.46. The average Bonchev–Trinajstić information content (AvgIpc) is 3.18. The van der Waals surface area contributed by atoms with Crippen molar-refractivity contribution in [3.63, 3.8) is 0 Å². The molecule has 1 aliphatic rings. The molecule has 0 saturated heterocycles. The van der Waals surface area contributed by atoms with E-state index in [1.807, 2.05) is 66.7 Å². The highest BCUT2D eigenvalue weighted by molar-refractivity contribution is 7.19. The van der Waals surface area contributed by atoms with E-state index in [0.29, 0.717) is 0 Å². The van der Waals surface area contributed by atoms with Gasteiger partial charge in [-0.1, -0.05) is 48.5 Å². The molecule has 136 valence electrons. The van der Waals surface area contributed by atoms with Gasteiger partial charge in [-0.3, -0.25) is 4.98 Å². The van der Waals surface area contributed by atoms with Crippen LogP contribution in [0.3, 0.4) is 0 Å². The number of aromatic nitrogens is 2. The number of carbonyl (C=O) groups excluding carboxylic acids is 1. The average molecular weight is 384 g/mol. The van der Waals surface area contributed by atoms with Gasteiger partial charge in [0.2, 0.25) is 0 Å². The van der Waals surface area contributed by atoms with Crippen LogP contribution in [0.25, 0.3) is 21.5 Å². The van der Waals surface area contributed by atoms with Gasteiger partial charge in [-0.05, 0) is 29.8 Å². The van der Waals surface area contributed by atoms with E-state index < -0.39 is 0 Å². The van der Waals surface area contributed by atoms with Crippen molar-refractivity contribution in [2.24, 2.45) is 0 Å². The first-order valence-corrected chi connectivity index (χ1v) is 9.75. The molecule has 0 spiro atoms. The van der Waals surface area contributed by atoms with Crippen molar-refractivity contribution in [1.82, 2.24) is 20.6 Å². The quantitative estimate of drug-likeness (QED) is 0.542. The lowest BCUT2D eigenvalue weighted by Gasteiger charge is -2.29. The Morgan fingerprint density at radius 3 is 2.46 bits per heavy atom. The molecule has 2 aromatic heterocycles. The van der Waals surface area contributed by atoms with Gasteiger partial charge >= 0.3 is 6.03 Å². The number of nitrogens with zero attached hydrogens (tertiary/aromatic N) is 2. The van der Waals surface area contributed by atoms with Gasteiger partial charge in [0, 0.05) is 11.8 Å². The van der Waals surface area contributed by atoms with Gasteiger partial charge in [-0.15, -0.1) is 11.3 Å². The third-order valence-electron chi connectivity index (χ3n) is 4.64. The SMILES string of the molecule is O=C1NC(c2ccccc2)=C(c2nc3ccccc3s2)[C@@H](c2ccccn2)N1. The molecule has 6 heteroatoms. The highest BCUT2D eigenvalue weighted by Crippen LogP contribution is 2.40. The summed E-state index contributed by atoms with van der Waals surface area (Å²) in [5, 5.41) is 6.88. The molecule has 5 rings (SSSR count). The minimum Gasteiger partial charge on any atom is -0.325 e. The summed E-state index contributed by atoms with van der Waals surface area (Å²) >= 11 is 1.61. The van der Waals surface area contributed by atoms with Crippen molar-refractivity contribution in [1.29, 1.82) is 0 Å². The van der Waals surface area contributed by atoms with Gasteiger partial charge in [-0.25, -0.2) is 9.78 Å². The molecular weight excluding hydrogens is 368 g/mol. The normalized spacial score (nSPS) is 16.7. The largest absolute Gasteiger partial charge is 0.325 e. The molecule has 0 saturated carbocycles. The molecule has 2 amide bonds. The van der Waals surface area contributed by atoms with Gasteiger partial charge in [-0.2, -0.15) is 0 Å². The molecule has 4 aromatic rings. The smallest absolute Gasteiger partial charge is 0.320 e. The number of nitrogens with one attached hydrogen (secondary N) is 2. The molecule has 0 aliphatic carbocycles. The maximum Gasteiger partial charge on any atom is 0.320 e. The number of amides is 2. The second kappa shape index (κ2) is 6.90. The van der Waals surface area contributed by atoms with Gasteiger partial charge in [0.1, 0.15) is 11.0 Å². The predicted molar refractivity (Wildman–Crippen MR) is 112 cm³/mol. The minimum absolute atomic E-state index is 0.251. The number of carbonyl (C=O) groups is 1. The monoisotopic (exact) mass is 384 g/mol. The Kier molecular flexibility index (Phi) is 4.10. The zero-order valence-electron chi connectivity index (χ0n) is 14.8. The van der Waals surface area contributed by atoms with Gasteiger partial charge < -0.3 is 10.6 Å². The molecule has 0 fully saturated rings. The summed E-state index contributed by atoms with van der Waals surface area (Å²) in [5.41, 5.74) is 4.34. The van der Waals surface area contributed by atoms with Crippen LogP contribution in [0.1, 0.15) is 22.3 Å². The first-order chi connectivity index (χ1) is 13.8. The number of benzene rings is 2. The van der Waals surface area contributed by atoms with E-state index in [1.165, 1.54) is 0 Å². The third kappa shape index (κ3) is 2.93. The number of hydrogen-bond donors (Lipinski definition) is 2. The van der Waals surface area contributed by atoms with E-state index in [2.05, 4.69) is 21.7 Å². The highest BCUT2D eigenvalue weighted by atomic mass is 32.1. The lowest BCUT2D eigenvalue weighted by Crippen LogP contribution is -2.43. The first-order valence-electron chi connectivity index (χ1n) is 8.93. The fourth-order valence-electron chi connectivity index (χ4n) is 3.38. The number of hydrogen-bond acceptors (Lipinski definition) is 4. The van der Waals surface area contributed by atoms with Crippen LogP contribution in [0.2, 0.25) is 0 Å². The Morgan fingerprint density at radius 2 is 1.68 bits per heavy atom. The van der Waals surface area contributed by atoms with Crippen LogP contribution in [-0.4, -0.2) is 16.0 Å². The zero-order valence-corrected chi connectivity index (χ0v) is 15.6. The van der Waals surface area contributed by atoms with Crippen LogP contribution < -0.4 is 10.6 Å². The zero-order chi connectivity index (χ0) is 18.9. The maximum atomic E-state index is 12.5. The van der Waals surface area contributed by atoms with E-state index >= 15 is 0 Å². The van der Waals surface area contributed by atoms with Crippen LogP contribution in [0.15, 0.2) is 79.0 Å². The minimum atomic E-state index is -0.384. The number of para-hydroxylation sites is 1. The summed E-state index contributed by atoms with van der Waals surface area (Å²) in [6.45, 7) is 0. The Labute approximate surface area is 165 Å². The lowest BCUT2D eigenvalue weighted by molar-refractivity contribution is 0.242. The van der Waals surface area contributed by atoms with Crippen molar-refractivity contribution >= 4 is 38.9 Å². The topological polar surface area (TPSA) is 66.9 Å². The number of rotatable bonds is 3. The van der Waals surface area contributed by atoms with Crippen molar-refractivity contribution < 1.29 is 4.79 Å². The summed E-state index contributed by atoms with van der Waals surface area (Å²) < 4.78 is 1.11. The van der Waals surface area contributed by atoms with Crippen LogP contribution in [0.5, 0.6) is 0 Å². The van der Waals surface area contributed by atoms with E-state index in [4.69, 9.17) is 4.98 Å². The molecule has 0 bridgehead atoms. The molecule has 0 unspecified atom stereocenters. The predicted octanol–water partition coefficient (Wildman–Crippen LogP) is 4.61. The van der Waals surface area contributed by atoms with Gasteiger partial charge in [0.05, 0.1) is 21.6 Å². The summed E-state index contributed by atoms with van der Waals surface area (Å²) in [5.74, 6) is 0. The molecule has 28 heavy (non-hydrogen) atoms. The van der Waals surface area contributed by atoms with Gasteiger partial charge in [0.25, 0.3) is 0 Å². The first kappa shape index (κ1) is 16.6. The van der Waals surface area contributed by atoms with Crippen molar-refractivity contribution in [3.8, 4) is 0 Å². The number of pyridine rings is 1. The molecule has 1 aliphatic heterocycles. The summed E-state index contributed by atoms with van der Waals surface area (Å²) in [4.78, 5) is 21.8. The molecule has 0 radical (unpaired) electrons. The molecule has 3 heterocycles. The van der Waals surface area contributed by atoms with Crippen molar-refractivity contribution in [3.05, 3.63) is 95.3 Å². The van der Waals surface area contributed by atoms with Crippen LogP contribution in [0.4, 0.5) is 4.79 Å². The van der Waals surface area contributed by atoms with Crippen LogP contribution in [0, 0.1) is 0 Å². The molecule has 5 nitrogen and oxygen atoms in total. The molecule has 1 atom stereocenters. The molecular formula is C22H16N4OS. The van der Waals surface area contributed by atoms with E-state index in [1.54, 1.807) is 17.5 Å². The van der Waals surface area contributed by atoms with Crippen molar-refractivity contribution in [2.75, 3.05) is 0 Å². The standard InChI is InChI=1S/C22H16N4OS/c27-22-25-19(14-8-2-1-3-9-14)18(20(26-22)16-11-6-7-13-23-16)21-24-15-10-4-5-12-17(15)28-21/h1-13,20H,(H2,25,26,27)/t20-/m1/s1. The summed E-state index contributed by atoms with van der Waals surface area (Å²) in [7, 11) is 0. The van der Waals surface area contributed by atoms with Crippen LogP contribution in [-0.2, 0) is 0 Å².